The zero-order chi connectivity index (χ0) is 15.8. The number of rotatable bonds is 9. The van der Waals surface area contributed by atoms with E-state index in [1.807, 2.05) is 0 Å². The molecule has 0 aliphatic heterocycles. The highest BCUT2D eigenvalue weighted by molar-refractivity contribution is 5.25. The van der Waals surface area contributed by atoms with Crippen LogP contribution in [0.15, 0.2) is 24.3 Å². The Kier molecular flexibility index (Phi) is 7.98. The molecule has 1 N–H and O–H groups in total. The Hall–Kier alpha value is -0.860. The van der Waals surface area contributed by atoms with Gasteiger partial charge in [0.25, 0.3) is 0 Å². The Labute approximate surface area is 131 Å². The van der Waals surface area contributed by atoms with E-state index in [0.29, 0.717) is 12.1 Å². The van der Waals surface area contributed by atoms with Crippen molar-refractivity contribution < 1.29 is 0 Å². The molecule has 1 rings (SSSR count). The van der Waals surface area contributed by atoms with E-state index in [-0.39, 0.29) is 0 Å². The monoisotopic (exact) mass is 290 g/mol. The Morgan fingerprint density at radius 3 is 2.05 bits per heavy atom. The molecule has 0 amide bonds. The number of hydrogen-bond donors (Lipinski definition) is 1. The highest BCUT2D eigenvalue weighted by Crippen LogP contribution is 2.23. The SMILES string of the molecule is CCC(CC)CN(CC)C(C)C(NC)c1ccc(C)cc1. The lowest BCUT2D eigenvalue weighted by Gasteiger charge is -2.36. The van der Waals surface area contributed by atoms with Crippen molar-refractivity contribution in [3.05, 3.63) is 35.4 Å². The van der Waals surface area contributed by atoms with E-state index < -0.39 is 0 Å². The third kappa shape index (κ3) is 5.12. The lowest BCUT2D eigenvalue weighted by Crippen LogP contribution is -2.44. The lowest BCUT2D eigenvalue weighted by atomic mass is 9.96. The molecule has 0 aliphatic rings. The van der Waals surface area contributed by atoms with Gasteiger partial charge >= 0.3 is 0 Å². The minimum absolute atomic E-state index is 0.389. The van der Waals surface area contributed by atoms with Gasteiger partial charge in [0.2, 0.25) is 0 Å². The van der Waals surface area contributed by atoms with Gasteiger partial charge in [0.05, 0.1) is 0 Å². The van der Waals surface area contributed by atoms with Crippen LogP contribution in [-0.2, 0) is 0 Å². The Morgan fingerprint density at radius 2 is 1.62 bits per heavy atom. The van der Waals surface area contributed by atoms with Gasteiger partial charge < -0.3 is 5.32 Å². The second-order valence-corrected chi connectivity index (χ2v) is 6.19. The molecule has 0 heterocycles. The molecule has 0 spiro atoms. The van der Waals surface area contributed by atoms with E-state index in [4.69, 9.17) is 0 Å². The maximum Gasteiger partial charge on any atom is 0.0473 e. The first-order chi connectivity index (χ1) is 10.1. The molecule has 0 aliphatic carbocycles. The van der Waals surface area contributed by atoms with E-state index in [9.17, 15) is 0 Å². The summed E-state index contributed by atoms with van der Waals surface area (Å²) in [7, 11) is 2.08. The second-order valence-electron chi connectivity index (χ2n) is 6.19. The van der Waals surface area contributed by atoms with Gasteiger partial charge in [-0.2, -0.15) is 0 Å². The van der Waals surface area contributed by atoms with Crippen LogP contribution in [0.5, 0.6) is 0 Å². The summed E-state index contributed by atoms with van der Waals surface area (Å²) in [5.74, 6) is 0.808. The van der Waals surface area contributed by atoms with Crippen molar-refractivity contribution in [1.82, 2.24) is 10.2 Å². The van der Waals surface area contributed by atoms with Gasteiger partial charge in [0, 0.05) is 18.6 Å². The van der Waals surface area contributed by atoms with Crippen LogP contribution in [0.25, 0.3) is 0 Å². The fourth-order valence-electron chi connectivity index (χ4n) is 3.13. The Morgan fingerprint density at radius 1 is 1.05 bits per heavy atom. The standard InChI is InChI=1S/C19H34N2/c1-7-17(8-2)14-21(9-3)16(5)19(20-6)18-12-10-15(4)11-13-18/h10-13,16-17,19-20H,7-9,14H2,1-6H3. The van der Waals surface area contributed by atoms with Crippen LogP contribution in [0.3, 0.4) is 0 Å². The first-order valence-electron chi connectivity index (χ1n) is 8.55. The van der Waals surface area contributed by atoms with E-state index >= 15 is 0 Å². The summed E-state index contributed by atoms with van der Waals surface area (Å²) < 4.78 is 0. The quantitative estimate of drug-likeness (QED) is 0.725. The first kappa shape index (κ1) is 18.2. The Bertz CT molecular complexity index is 381. The highest BCUT2D eigenvalue weighted by Gasteiger charge is 2.24. The number of aryl methyl sites for hydroxylation is 1. The molecule has 120 valence electrons. The average Bonchev–Trinajstić information content (AvgIpc) is 2.51. The minimum atomic E-state index is 0.389. The lowest BCUT2D eigenvalue weighted by molar-refractivity contribution is 0.151. The van der Waals surface area contributed by atoms with Gasteiger partial charge in [-0.3, -0.25) is 4.90 Å². The van der Waals surface area contributed by atoms with Crippen LogP contribution in [-0.4, -0.2) is 31.1 Å². The molecular formula is C19H34N2. The summed E-state index contributed by atoms with van der Waals surface area (Å²) in [6.07, 6.45) is 2.54. The molecule has 2 heteroatoms. The number of nitrogens with one attached hydrogen (secondary N) is 1. The van der Waals surface area contributed by atoms with Crippen molar-refractivity contribution in [2.75, 3.05) is 20.1 Å². The summed E-state index contributed by atoms with van der Waals surface area (Å²) >= 11 is 0. The van der Waals surface area contributed by atoms with Crippen molar-refractivity contribution in [3.63, 3.8) is 0 Å². The zero-order valence-electron chi connectivity index (χ0n) is 14.8. The molecule has 0 radical (unpaired) electrons. The van der Waals surface area contributed by atoms with Crippen LogP contribution in [0.4, 0.5) is 0 Å². The predicted octanol–water partition coefficient (Wildman–Crippen LogP) is 4.40. The van der Waals surface area contributed by atoms with Gasteiger partial charge in [-0.25, -0.2) is 0 Å². The van der Waals surface area contributed by atoms with Crippen molar-refractivity contribution >= 4 is 0 Å². The van der Waals surface area contributed by atoms with Gasteiger partial charge in [-0.05, 0) is 38.9 Å². The van der Waals surface area contributed by atoms with Gasteiger partial charge in [-0.1, -0.05) is 63.4 Å². The topological polar surface area (TPSA) is 15.3 Å². The molecule has 0 fully saturated rings. The predicted molar refractivity (Wildman–Crippen MR) is 93.8 cm³/mol. The molecule has 21 heavy (non-hydrogen) atoms. The molecule has 1 aromatic rings. The van der Waals surface area contributed by atoms with Crippen LogP contribution in [0, 0.1) is 12.8 Å². The van der Waals surface area contributed by atoms with Crippen LogP contribution in [0.2, 0.25) is 0 Å². The maximum atomic E-state index is 3.52. The van der Waals surface area contributed by atoms with Crippen molar-refractivity contribution in [2.45, 2.75) is 59.5 Å². The van der Waals surface area contributed by atoms with Crippen LogP contribution < -0.4 is 5.32 Å². The summed E-state index contributed by atoms with van der Waals surface area (Å²) in [6.45, 7) is 13.7. The number of hydrogen-bond acceptors (Lipinski definition) is 2. The van der Waals surface area contributed by atoms with E-state index in [0.717, 1.165) is 12.5 Å². The number of nitrogens with zero attached hydrogens (tertiary/aromatic N) is 1. The van der Waals surface area contributed by atoms with Gasteiger partial charge in [0.15, 0.2) is 0 Å². The van der Waals surface area contributed by atoms with E-state index in [1.165, 1.54) is 30.5 Å². The maximum absolute atomic E-state index is 3.52. The molecule has 2 unspecified atom stereocenters. The van der Waals surface area contributed by atoms with E-state index in [1.54, 1.807) is 0 Å². The molecule has 2 nitrogen and oxygen atoms in total. The third-order valence-electron chi connectivity index (χ3n) is 4.86. The summed E-state index contributed by atoms with van der Waals surface area (Å²) in [5.41, 5.74) is 2.71. The van der Waals surface area contributed by atoms with Crippen molar-refractivity contribution in [1.29, 1.82) is 0 Å². The third-order valence-corrected chi connectivity index (χ3v) is 4.86. The Balaban J connectivity index is 2.84. The largest absolute Gasteiger partial charge is 0.312 e. The van der Waals surface area contributed by atoms with Gasteiger partial charge in [0.1, 0.15) is 0 Å². The highest BCUT2D eigenvalue weighted by atomic mass is 15.2. The van der Waals surface area contributed by atoms with Crippen molar-refractivity contribution in [3.8, 4) is 0 Å². The summed E-state index contributed by atoms with van der Waals surface area (Å²) in [5, 5.41) is 3.52. The van der Waals surface area contributed by atoms with Gasteiger partial charge in [-0.15, -0.1) is 0 Å². The average molecular weight is 290 g/mol. The van der Waals surface area contributed by atoms with Crippen molar-refractivity contribution in [2.24, 2.45) is 5.92 Å². The summed E-state index contributed by atoms with van der Waals surface area (Å²) in [6, 6.07) is 9.84. The molecular weight excluding hydrogens is 256 g/mol. The fourth-order valence-corrected chi connectivity index (χ4v) is 3.13. The molecule has 0 saturated heterocycles. The molecule has 2 atom stereocenters. The van der Waals surface area contributed by atoms with E-state index in [2.05, 4.69) is 76.1 Å². The molecule has 1 aromatic carbocycles. The smallest absolute Gasteiger partial charge is 0.0473 e. The molecule has 0 aromatic heterocycles. The number of benzene rings is 1. The number of likely N-dealkylation sites (N-methyl/N-ethyl adjacent to an activating group) is 2. The first-order valence-corrected chi connectivity index (χ1v) is 8.55. The second kappa shape index (κ2) is 9.22. The minimum Gasteiger partial charge on any atom is -0.312 e. The van der Waals surface area contributed by atoms with Crippen LogP contribution >= 0.6 is 0 Å². The molecule has 0 saturated carbocycles. The fraction of sp³-hybridized carbons (Fsp3) is 0.684. The zero-order valence-corrected chi connectivity index (χ0v) is 14.8. The van der Waals surface area contributed by atoms with Crippen LogP contribution in [0.1, 0.15) is 57.7 Å². The molecule has 0 bridgehead atoms. The normalized spacial score (nSPS) is 14.7. The summed E-state index contributed by atoms with van der Waals surface area (Å²) in [4.78, 5) is 2.62.